The Morgan fingerprint density at radius 2 is 1.76 bits per heavy atom. The largest absolute Gasteiger partial charge is 0.345 e. The maximum absolute atomic E-state index is 12.3. The number of amides is 1. The number of benzene rings is 2. The Morgan fingerprint density at radius 3 is 2.41 bits per heavy atom. The van der Waals surface area contributed by atoms with Gasteiger partial charge in [-0.25, -0.2) is 4.98 Å². The molecule has 148 valence electrons. The summed E-state index contributed by atoms with van der Waals surface area (Å²) in [5, 5.41) is 6.06. The minimum absolute atomic E-state index is 0.0613. The average Bonchev–Trinajstić information content (AvgIpc) is 2.74. The van der Waals surface area contributed by atoms with E-state index in [-0.39, 0.29) is 5.91 Å². The van der Waals surface area contributed by atoms with E-state index in [9.17, 15) is 9.70 Å². The molecule has 1 aromatic heterocycles. The number of nitrogens with zero attached hydrogens (tertiary/aromatic N) is 5. The summed E-state index contributed by atoms with van der Waals surface area (Å²) in [4.78, 5) is 35.2. The number of rotatable bonds is 6. The fourth-order valence-electron chi connectivity index (χ4n) is 2.77. The van der Waals surface area contributed by atoms with Crippen molar-refractivity contribution in [1.29, 1.82) is 0 Å². The SMILES string of the molecule is Cc1ccc(Nc2nccc(N(C)c3ccc(N=O)cc3)n2)cc1C(=O)N(C)C. The van der Waals surface area contributed by atoms with E-state index in [0.717, 1.165) is 16.9 Å². The second kappa shape index (κ2) is 8.47. The van der Waals surface area contributed by atoms with Crippen LogP contribution in [0.4, 0.5) is 28.8 Å². The van der Waals surface area contributed by atoms with Crippen molar-refractivity contribution < 1.29 is 4.79 Å². The highest BCUT2D eigenvalue weighted by atomic mass is 16.3. The number of hydrogen-bond donors (Lipinski definition) is 1. The molecule has 29 heavy (non-hydrogen) atoms. The molecule has 2 aromatic carbocycles. The molecule has 3 rings (SSSR count). The molecule has 0 fully saturated rings. The molecular formula is C21H22N6O2. The highest BCUT2D eigenvalue weighted by Crippen LogP contribution is 2.25. The van der Waals surface area contributed by atoms with Crippen molar-refractivity contribution in [2.24, 2.45) is 5.18 Å². The van der Waals surface area contributed by atoms with E-state index < -0.39 is 0 Å². The minimum Gasteiger partial charge on any atom is -0.345 e. The van der Waals surface area contributed by atoms with Crippen LogP contribution in [0.1, 0.15) is 15.9 Å². The average molecular weight is 390 g/mol. The van der Waals surface area contributed by atoms with Crippen LogP contribution in [0, 0.1) is 11.8 Å². The van der Waals surface area contributed by atoms with Crippen molar-refractivity contribution in [3.8, 4) is 0 Å². The van der Waals surface area contributed by atoms with E-state index >= 15 is 0 Å². The molecule has 3 aromatic rings. The lowest BCUT2D eigenvalue weighted by atomic mass is 10.1. The van der Waals surface area contributed by atoms with Crippen molar-refractivity contribution in [2.45, 2.75) is 6.92 Å². The standard InChI is InChI=1S/C21H22N6O2/c1-14-5-6-16(13-18(14)20(28)26(2)3)23-21-22-12-11-19(24-21)27(4)17-9-7-15(25-29)8-10-17/h5-13H,1-4H3,(H,22,23,24). The van der Waals surface area contributed by atoms with Gasteiger partial charge < -0.3 is 15.1 Å². The van der Waals surface area contributed by atoms with Gasteiger partial charge >= 0.3 is 0 Å². The van der Waals surface area contributed by atoms with E-state index in [4.69, 9.17) is 0 Å². The topological polar surface area (TPSA) is 90.8 Å². The van der Waals surface area contributed by atoms with Gasteiger partial charge in [0.05, 0.1) is 0 Å². The van der Waals surface area contributed by atoms with Gasteiger partial charge in [0.2, 0.25) is 5.95 Å². The zero-order valence-corrected chi connectivity index (χ0v) is 16.7. The lowest BCUT2D eigenvalue weighted by Crippen LogP contribution is -2.22. The number of carbonyl (C=O) groups is 1. The number of carbonyl (C=O) groups excluding carboxylic acids is 1. The Bertz CT molecular complexity index is 1030. The van der Waals surface area contributed by atoms with Crippen LogP contribution in [0.2, 0.25) is 0 Å². The van der Waals surface area contributed by atoms with Gasteiger partial charge in [-0.15, -0.1) is 4.91 Å². The molecule has 0 aliphatic heterocycles. The predicted molar refractivity (Wildman–Crippen MR) is 114 cm³/mol. The number of aryl methyl sites for hydroxylation is 1. The fraction of sp³-hybridized carbons (Fsp3) is 0.190. The summed E-state index contributed by atoms with van der Waals surface area (Å²) in [6.45, 7) is 1.90. The van der Waals surface area contributed by atoms with Crippen LogP contribution >= 0.6 is 0 Å². The molecule has 0 aliphatic rings. The fourth-order valence-corrected chi connectivity index (χ4v) is 2.77. The molecule has 1 N–H and O–H groups in total. The van der Waals surface area contributed by atoms with E-state index in [0.29, 0.717) is 23.0 Å². The molecule has 0 saturated heterocycles. The maximum Gasteiger partial charge on any atom is 0.253 e. The summed E-state index contributed by atoms with van der Waals surface area (Å²) < 4.78 is 0. The molecule has 0 radical (unpaired) electrons. The lowest BCUT2D eigenvalue weighted by Gasteiger charge is -2.19. The summed E-state index contributed by atoms with van der Waals surface area (Å²) >= 11 is 0. The van der Waals surface area contributed by atoms with Crippen molar-refractivity contribution in [3.63, 3.8) is 0 Å². The monoisotopic (exact) mass is 390 g/mol. The van der Waals surface area contributed by atoms with Crippen molar-refractivity contribution >= 4 is 34.7 Å². The summed E-state index contributed by atoms with van der Waals surface area (Å²) in [5.41, 5.74) is 3.47. The Kier molecular flexibility index (Phi) is 5.82. The Balaban J connectivity index is 1.83. The molecule has 0 bridgehead atoms. The normalized spacial score (nSPS) is 10.3. The predicted octanol–water partition coefficient (Wildman–Crippen LogP) is 4.40. The van der Waals surface area contributed by atoms with Gasteiger partial charge in [0.25, 0.3) is 5.91 Å². The van der Waals surface area contributed by atoms with E-state index in [2.05, 4.69) is 20.5 Å². The van der Waals surface area contributed by atoms with Crippen molar-refractivity contribution in [2.75, 3.05) is 31.4 Å². The zero-order chi connectivity index (χ0) is 21.0. The van der Waals surface area contributed by atoms with Crippen molar-refractivity contribution in [1.82, 2.24) is 14.9 Å². The minimum atomic E-state index is -0.0613. The van der Waals surface area contributed by atoms with Crippen LogP contribution in [-0.2, 0) is 0 Å². The Morgan fingerprint density at radius 1 is 1.03 bits per heavy atom. The van der Waals surface area contributed by atoms with Gasteiger partial charge in [-0.1, -0.05) is 6.07 Å². The van der Waals surface area contributed by atoms with Crippen LogP contribution in [-0.4, -0.2) is 41.9 Å². The van der Waals surface area contributed by atoms with Gasteiger partial charge in [0, 0.05) is 44.3 Å². The molecule has 0 aliphatic carbocycles. The Labute approximate surface area is 169 Å². The van der Waals surface area contributed by atoms with Gasteiger partial charge in [-0.3, -0.25) is 4.79 Å². The second-order valence-electron chi connectivity index (χ2n) is 6.76. The summed E-state index contributed by atoms with van der Waals surface area (Å²) in [6, 6.07) is 14.2. The molecular weight excluding hydrogens is 368 g/mol. The first kappa shape index (κ1) is 19.9. The van der Waals surface area contributed by atoms with Crippen LogP contribution in [0.15, 0.2) is 59.9 Å². The third-order valence-corrected chi connectivity index (χ3v) is 4.46. The number of aromatic nitrogens is 2. The first-order valence-electron chi connectivity index (χ1n) is 8.98. The quantitative estimate of drug-likeness (QED) is 0.628. The second-order valence-corrected chi connectivity index (χ2v) is 6.76. The van der Waals surface area contributed by atoms with Crippen LogP contribution in [0.5, 0.6) is 0 Å². The third-order valence-electron chi connectivity index (χ3n) is 4.46. The molecule has 0 saturated carbocycles. The molecule has 0 spiro atoms. The van der Waals surface area contributed by atoms with Crippen LogP contribution in [0.3, 0.4) is 0 Å². The highest BCUT2D eigenvalue weighted by Gasteiger charge is 2.13. The lowest BCUT2D eigenvalue weighted by molar-refractivity contribution is 0.0827. The first-order valence-corrected chi connectivity index (χ1v) is 8.98. The summed E-state index contributed by atoms with van der Waals surface area (Å²) in [6.07, 6.45) is 1.66. The third kappa shape index (κ3) is 4.55. The van der Waals surface area contributed by atoms with Gasteiger partial charge in [-0.2, -0.15) is 4.98 Å². The number of nitroso groups, excluding NO2 is 1. The molecule has 8 heteroatoms. The Hall–Kier alpha value is -3.81. The molecule has 0 unspecified atom stereocenters. The van der Waals surface area contributed by atoms with Gasteiger partial charge in [-0.05, 0) is 60.1 Å². The van der Waals surface area contributed by atoms with Gasteiger partial charge in [0.15, 0.2) is 0 Å². The summed E-state index contributed by atoms with van der Waals surface area (Å²) in [7, 11) is 5.32. The number of hydrogen-bond acceptors (Lipinski definition) is 7. The van der Waals surface area contributed by atoms with E-state index in [1.807, 2.05) is 31.0 Å². The molecule has 8 nitrogen and oxygen atoms in total. The van der Waals surface area contributed by atoms with Gasteiger partial charge in [0.1, 0.15) is 11.5 Å². The molecule has 1 amide bonds. The van der Waals surface area contributed by atoms with Crippen molar-refractivity contribution in [3.05, 3.63) is 70.8 Å². The highest BCUT2D eigenvalue weighted by molar-refractivity contribution is 5.96. The van der Waals surface area contributed by atoms with Crippen LogP contribution < -0.4 is 10.2 Å². The van der Waals surface area contributed by atoms with E-state index in [1.165, 1.54) is 0 Å². The number of anilines is 4. The molecule has 1 heterocycles. The van der Waals surface area contributed by atoms with E-state index in [1.54, 1.807) is 61.6 Å². The summed E-state index contributed by atoms with van der Waals surface area (Å²) in [5.74, 6) is 1.02. The number of nitrogens with one attached hydrogen (secondary N) is 1. The first-order chi connectivity index (χ1) is 13.9. The smallest absolute Gasteiger partial charge is 0.253 e. The van der Waals surface area contributed by atoms with Crippen LogP contribution in [0.25, 0.3) is 0 Å². The maximum atomic E-state index is 12.3. The molecule has 0 atom stereocenters. The zero-order valence-electron chi connectivity index (χ0n) is 16.7.